The highest BCUT2D eigenvalue weighted by Gasteiger charge is 2.43. The predicted molar refractivity (Wildman–Crippen MR) is 225 cm³/mol. The number of anilines is 1. The second kappa shape index (κ2) is 21.2. The molecule has 0 saturated carbocycles. The van der Waals surface area contributed by atoms with Crippen LogP contribution in [0.15, 0.2) is 60.4 Å². The number of alkyl halides is 2. The number of ether oxygens (including phenoxy) is 2. The van der Waals surface area contributed by atoms with Crippen molar-refractivity contribution in [2.45, 2.75) is 97.6 Å². The number of aliphatic hydroxyl groups excluding tert-OH is 1. The Bertz CT molecular complexity index is 2030. The summed E-state index contributed by atoms with van der Waals surface area (Å²) >= 11 is 13.8. The number of amides is 3. The molecular formula is C42H50Cl2F2N6O6S. The lowest BCUT2D eigenvalue weighted by molar-refractivity contribution is -0.142. The van der Waals surface area contributed by atoms with Crippen LogP contribution in [0.5, 0.6) is 11.5 Å². The van der Waals surface area contributed by atoms with Crippen LogP contribution in [-0.2, 0) is 16.1 Å². The molecule has 2 aromatic carbocycles. The molecule has 0 bridgehead atoms. The van der Waals surface area contributed by atoms with E-state index in [1.54, 1.807) is 11.3 Å². The van der Waals surface area contributed by atoms with E-state index in [2.05, 4.69) is 30.7 Å². The predicted octanol–water partition coefficient (Wildman–Crippen LogP) is 8.29. The smallest absolute Gasteiger partial charge is 0.387 e. The Balaban J connectivity index is 1.06. The molecule has 0 aliphatic carbocycles. The third-order valence-electron chi connectivity index (χ3n) is 9.85. The van der Waals surface area contributed by atoms with Crippen molar-refractivity contribution in [1.82, 2.24) is 25.5 Å². The summed E-state index contributed by atoms with van der Waals surface area (Å²) in [4.78, 5) is 51.1. The first-order valence-electron chi connectivity index (χ1n) is 19.4. The minimum absolute atomic E-state index is 0.00914. The van der Waals surface area contributed by atoms with E-state index in [9.17, 15) is 28.3 Å². The van der Waals surface area contributed by atoms with Gasteiger partial charge in [-0.3, -0.25) is 19.4 Å². The van der Waals surface area contributed by atoms with Crippen LogP contribution in [0.25, 0.3) is 10.4 Å². The number of pyridine rings is 1. The Morgan fingerprint density at radius 2 is 1.69 bits per heavy atom. The number of aliphatic hydroxyl groups is 1. The molecule has 3 unspecified atom stereocenters. The molecule has 2 aromatic heterocycles. The Labute approximate surface area is 357 Å². The van der Waals surface area contributed by atoms with Crippen molar-refractivity contribution in [1.29, 1.82) is 0 Å². The molecule has 1 fully saturated rings. The number of thiazole rings is 1. The highest BCUT2D eigenvalue weighted by Crippen LogP contribution is 2.33. The molecule has 0 spiro atoms. The molecule has 3 amide bonds. The number of likely N-dealkylation sites (tertiary alicyclic amines) is 1. The molecular weight excluding hydrogens is 825 g/mol. The van der Waals surface area contributed by atoms with Gasteiger partial charge in [-0.25, -0.2) is 4.98 Å². The average Bonchev–Trinajstić information content (AvgIpc) is 3.81. The van der Waals surface area contributed by atoms with E-state index in [1.807, 2.05) is 57.5 Å². The summed E-state index contributed by atoms with van der Waals surface area (Å²) in [5, 5.41) is 19.8. The van der Waals surface area contributed by atoms with Gasteiger partial charge in [0.15, 0.2) is 11.5 Å². The first-order chi connectivity index (χ1) is 28.1. The van der Waals surface area contributed by atoms with Gasteiger partial charge in [0.25, 0.3) is 5.91 Å². The zero-order valence-corrected chi connectivity index (χ0v) is 35.7. The van der Waals surface area contributed by atoms with Gasteiger partial charge >= 0.3 is 6.61 Å². The second-order valence-electron chi connectivity index (χ2n) is 15.4. The van der Waals surface area contributed by atoms with Crippen molar-refractivity contribution in [2.24, 2.45) is 5.41 Å². The normalized spacial score (nSPS) is 15.9. The summed E-state index contributed by atoms with van der Waals surface area (Å²) in [5.74, 6) is -1.33. The number of nitrogens with zero attached hydrogens (tertiary/aromatic N) is 3. The topological polar surface area (TPSA) is 155 Å². The van der Waals surface area contributed by atoms with E-state index in [-0.39, 0.29) is 64.2 Å². The molecule has 0 radical (unpaired) electrons. The minimum Gasteiger partial charge on any atom is -0.490 e. The molecule has 17 heteroatoms. The van der Waals surface area contributed by atoms with Gasteiger partial charge in [0, 0.05) is 37.5 Å². The first-order valence-corrected chi connectivity index (χ1v) is 21.1. The lowest BCUT2D eigenvalue weighted by atomic mass is 9.85. The van der Waals surface area contributed by atoms with Gasteiger partial charge in [-0.05, 0) is 61.1 Å². The Morgan fingerprint density at radius 1 is 1.00 bits per heavy atom. The molecule has 1 saturated heterocycles. The fraction of sp³-hybridized carbons (Fsp3) is 0.452. The molecule has 3 atom stereocenters. The summed E-state index contributed by atoms with van der Waals surface area (Å²) in [6, 6.07) is 10.4. The molecule has 59 heavy (non-hydrogen) atoms. The molecule has 12 nitrogen and oxygen atoms in total. The van der Waals surface area contributed by atoms with Crippen molar-refractivity contribution in [3.05, 3.63) is 87.2 Å². The zero-order chi connectivity index (χ0) is 42.7. The number of carbonyl (C=O) groups is 3. The van der Waals surface area contributed by atoms with Gasteiger partial charge in [0.2, 0.25) is 11.8 Å². The molecule has 5 rings (SSSR count). The number of rotatable bonds is 19. The third kappa shape index (κ3) is 12.8. The summed E-state index contributed by atoms with van der Waals surface area (Å²) in [5.41, 5.74) is 4.58. The number of β-amino-alcohol motifs (C(OH)–C–C–N with tert-alkyl or cyclic N) is 1. The Hall–Kier alpha value is -4.41. The van der Waals surface area contributed by atoms with Gasteiger partial charge < -0.3 is 35.4 Å². The van der Waals surface area contributed by atoms with Crippen molar-refractivity contribution in [3.63, 3.8) is 0 Å². The number of aryl methyl sites for hydroxylation is 1. The second-order valence-corrected chi connectivity index (χ2v) is 17.1. The number of unbranched alkanes of at least 4 members (excludes halogenated alkanes) is 4. The van der Waals surface area contributed by atoms with Crippen LogP contribution in [0.1, 0.15) is 80.9 Å². The number of halogens is 4. The quantitative estimate of drug-likeness (QED) is 0.0682. The van der Waals surface area contributed by atoms with Gasteiger partial charge in [-0.1, -0.05) is 87.5 Å². The SMILES string of the molecule is Cc1ncsc1-c1ccc(CNC(=O)C2CC(O)CN2C(=O)C(NCCCCCCCOc2cc(C(=O)Nc3c(Cl)cncc3Cl)ccc2OC(F)F)C(C)(C)C)cc1. The molecule has 1 aliphatic rings. The maximum Gasteiger partial charge on any atom is 0.387 e. The van der Waals surface area contributed by atoms with E-state index in [4.69, 9.17) is 27.9 Å². The summed E-state index contributed by atoms with van der Waals surface area (Å²) < 4.78 is 36.6. The fourth-order valence-electron chi connectivity index (χ4n) is 6.75. The van der Waals surface area contributed by atoms with Crippen molar-refractivity contribution in [2.75, 3.05) is 25.0 Å². The third-order valence-corrected chi connectivity index (χ3v) is 11.4. The molecule has 318 valence electrons. The Kier molecular flexibility index (Phi) is 16.4. The number of aromatic nitrogens is 2. The van der Waals surface area contributed by atoms with E-state index < -0.39 is 36.1 Å². The van der Waals surface area contributed by atoms with Crippen molar-refractivity contribution < 1.29 is 37.7 Å². The Morgan fingerprint density at radius 3 is 2.36 bits per heavy atom. The first kappa shape index (κ1) is 45.7. The maximum atomic E-state index is 14.0. The summed E-state index contributed by atoms with van der Waals surface area (Å²) in [6.45, 7) is 5.91. The van der Waals surface area contributed by atoms with Crippen LogP contribution in [0.4, 0.5) is 14.5 Å². The van der Waals surface area contributed by atoms with Crippen molar-refractivity contribution in [3.8, 4) is 21.9 Å². The standard InChI is InChI=1S/C42H50Cl2F2N6O6S/c1-25-36(59-24-50-25)27-12-10-26(11-13-27)20-49-39(55)32-19-29(53)23-52(32)40(56)37(42(2,3)4)48-16-8-6-5-7-9-17-57-34-18-28(14-15-33(34)58-41(45)46)38(54)51-35-30(43)21-47-22-31(35)44/h10-15,18,21-22,24,29,32,37,41,48,53H,5-9,16-17,19-20,23H2,1-4H3,(H,49,55)(H,47,51,54). The summed E-state index contributed by atoms with van der Waals surface area (Å²) in [7, 11) is 0. The monoisotopic (exact) mass is 874 g/mol. The van der Waals surface area contributed by atoms with Gasteiger partial charge in [0.05, 0.1) is 50.6 Å². The summed E-state index contributed by atoms with van der Waals surface area (Å²) in [6.07, 6.45) is 5.90. The van der Waals surface area contributed by atoms with E-state index >= 15 is 0 Å². The number of hydrogen-bond acceptors (Lipinski definition) is 10. The average molecular weight is 876 g/mol. The van der Waals surface area contributed by atoms with Crippen LogP contribution >= 0.6 is 34.5 Å². The molecule has 4 N–H and O–H groups in total. The molecule has 3 heterocycles. The van der Waals surface area contributed by atoms with E-state index in [0.717, 1.165) is 47.4 Å². The molecule has 1 aliphatic heterocycles. The highest BCUT2D eigenvalue weighted by atomic mass is 35.5. The van der Waals surface area contributed by atoms with Gasteiger partial charge in [-0.15, -0.1) is 11.3 Å². The van der Waals surface area contributed by atoms with E-state index in [0.29, 0.717) is 19.5 Å². The minimum atomic E-state index is -3.09. The number of carbonyl (C=O) groups excluding carboxylic acids is 3. The maximum absolute atomic E-state index is 14.0. The van der Waals surface area contributed by atoms with Crippen LogP contribution in [-0.4, -0.2) is 82.2 Å². The van der Waals surface area contributed by atoms with E-state index in [1.165, 1.54) is 35.5 Å². The van der Waals surface area contributed by atoms with Crippen LogP contribution in [0.2, 0.25) is 10.0 Å². The molecule has 4 aromatic rings. The van der Waals surface area contributed by atoms with Crippen LogP contribution in [0.3, 0.4) is 0 Å². The van der Waals surface area contributed by atoms with Gasteiger partial charge in [-0.2, -0.15) is 8.78 Å². The largest absolute Gasteiger partial charge is 0.490 e. The van der Waals surface area contributed by atoms with Crippen molar-refractivity contribution >= 4 is 57.9 Å². The number of hydrogen-bond donors (Lipinski definition) is 4. The highest BCUT2D eigenvalue weighted by molar-refractivity contribution is 7.13. The van der Waals surface area contributed by atoms with Crippen LogP contribution < -0.4 is 25.4 Å². The number of benzene rings is 2. The lowest BCUT2D eigenvalue weighted by Gasteiger charge is -2.35. The number of nitrogens with one attached hydrogen (secondary N) is 3. The zero-order valence-electron chi connectivity index (χ0n) is 33.4. The van der Waals surface area contributed by atoms with Gasteiger partial charge in [0.1, 0.15) is 6.04 Å². The fourth-order valence-corrected chi connectivity index (χ4v) is 8.02. The van der Waals surface area contributed by atoms with Crippen LogP contribution in [0, 0.1) is 12.3 Å². The lowest BCUT2D eigenvalue weighted by Crippen LogP contribution is -2.56.